The van der Waals surface area contributed by atoms with Gasteiger partial charge in [-0.1, -0.05) is 60.1 Å². The Morgan fingerprint density at radius 1 is 1.06 bits per heavy atom. The number of amides is 2. The van der Waals surface area contributed by atoms with Crippen LogP contribution in [0.15, 0.2) is 71.4 Å². The van der Waals surface area contributed by atoms with Crippen LogP contribution in [0.1, 0.15) is 18.4 Å². The molecule has 0 bridgehead atoms. The summed E-state index contributed by atoms with van der Waals surface area (Å²) in [5.74, 6) is -0.877. The van der Waals surface area contributed by atoms with E-state index in [4.69, 9.17) is 21.1 Å². The largest absolute Gasteiger partial charge is 0.484 e. The predicted octanol–water partition coefficient (Wildman–Crippen LogP) is 2.75. The van der Waals surface area contributed by atoms with Gasteiger partial charge in [-0.2, -0.15) is 0 Å². The van der Waals surface area contributed by atoms with Crippen LogP contribution in [0.4, 0.5) is 0 Å². The highest BCUT2D eigenvalue weighted by atomic mass is 35.5. The topological polar surface area (TPSA) is 84.9 Å². The van der Waals surface area contributed by atoms with Gasteiger partial charge in [0.25, 0.3) is 11.8 Å². The molecule has 1 fully saturated rings. The van der Waals surface area contributed by atoms with Crippen molar-refractivity contribution in [3.05, 3.63) is 77.0 Å². The molecule has 8 heteroatoms. The zero-order valence-electron chi connectivity index (χ0n) is 16.6. The van der Waals surface area contributed by atoms with E-state index in [1.807, 2.05) is 36.4 Å². The van der Waals surface area contributed by atoms with Crippen LogP contribution in [0.2, 0.25) is 0 Å². The summed E-state index contributed by atoms with van der Waals surface area (Å²) < 4.78 is 10.8. The molecule has 0 aromatic heterocycles. The van der Waals surface area contributed by atoms with Gasteiger partial charge < -0.3 is 14.8 Å². The van der Waals surface area contributed by atoms with Crippen molar-refractivity contribution in [2.45, 2.75) is 31.5 Å². The minimum Gasteiger partial charge on any atom is -0.484 e. The van der Waals surface area contributed by atoms with E-state index < -0.39 is 17.9 Å². The minimum atomic E-state index is -0.714. The number of nitrogens with one attached hydrogen (secondary N) is 1. The molecule has 0 spiro atoms. The first-order valence-electron chi connectivity index (χ1n) is 9.94. The van der Waals surface area contributed by atoms with Crippen molar-refractivity contribution in [2.24, 2.45) is 0 Å². The average Bonchev–Trinajstić information content (AvgIpc) is 2.80. The second-order valence-corrected chi connectivity index (χ2v) is 7.73. The Morgan fingerprint density at radius 2 is 1.74 bits per heavy atom. The molecule has 1 saturated heterocycles. The van der Waals surface area contributed by atoms with Gasteiger partial charge in [-0.05, 0) is 30.5 Å². The van der Waals surface area contributed by atoms with E-state index in [1.54, 1.807) is 24.3 Å². The number of benzene rings is 2. The number of fused-ring (bicyclic) bond motifs is 1. The highest BCUT2D eigenvalue weighted by Crippen LogP contribution is 2.38. The maximum atomic E-state index is 12.7. The van der Waals surface area contributed by atoms with Crippen molar-refractivity contribution >= 4 is 29.4 Å². The summed E-state index contributed by atoms with van der Waals surface area (Å²) in [6.07, 6.45) is 0.975. The third-order valence-corrected chi connectivity index (χ3v) is 5.58. The highest BCUT2D eigenvalue weighted by molar-refractivity contribution is 6.32. The van der Waals surface area contributed by atoms with Gasteiger partial charge in [0.2, 0.25) is 0 Å². The number of esters is 1. The third kappa shape index (κ3) is 4.56. The van der Waals surface area contributed by atoms with Crippen LogP contribution < -0.4 is 10.1 Å². The van der Waals surface area contributed by atoms with Crippen LogP contribution in [-0.4, -0.2) is 41.4 Å². The number of carbonyl (C=O) groups excluding carboxylic acids is 3. The molecule has 2 atom stereocenters. The average molecular weight is 441 g/mol. The van der Waals surface area contributed by atoms with Crippen molar-refractivity contribution in [1.82, 2.24) is 10.2 Å². The van der Waals surface area contributed by atoms with Crippen molar-refractivity contribution in [2.75, 3.05) is 6.61 Å². The third-order valence-electron chi connectivity index (χ3n) is 5.21. The second kappa shape index (κ2) is 9.22. The summed E-state index contributed by atoms with van der Waals surface area (Å²) in [6, 6.07) is 17.1. The fourth-order valence-electron chi connectivity index (χ4n) is 3.68. The van der Waals surface area contributed by atoms with Crippen LogP contribution in [0.3, 0.4) is 0 Å². The molecule has 31 heavy (non-hydrogen) atoms. The Kier molecular flexibility index (Phi) is 6.23. The monoisotopic (exact) mass is 440 g/mol. The Labute approximate surface area is 184 Å². The highest BCUT2D eigenvalue weighted by Gasteiger charge is 2.53. The molecule has 2 aliphatic heterocycles. The maximum absolute atomic E-state index is 12.7. The van der Waals surface area contributed by atoms with Gasteiger partial charge in [0.15, 0.2) is 6.61 Å². The number of ether oxygens (including phenoxy) is 2. The Morgan fingerprint density at radius 3 is 2.45 bits per heavy atom. The van der Waals surface area contributed by atoms with Crippen molar-refractivity contribution < 1.29 is 23.9 Å². The Balaban J connectivity index is 1.35. The Hall–Kier alpha value is -3.32. The van der Waals surface area contributed by atoms with Gasteiger partial charge in [0, 0.05) is 5.03 Å². The standard InChI is InChI=1S/C23H21ClN2O5/c24-17-11-12-18-20(25-19(27)14-30-16-9-5-2-6-10-16)22(28)26(18)21(17)23(29)31-13-15-7-3-1-4-8-15/h1-10,18,20H,11-14H2,(H,25,27)/t18-,20-/m0/s1. The van der Waals surface area contributed by atoms with Gasteiger partial charge in [-0.15, -0.1) is 0 Å². The lowest BCUT2D eigenvalue weighted by atomic mass is 9.86. The number of nitrogens with zero attached hydrogens (tertiary/aromatic N) is 1. The van der Waals surface area contributed by atoms with Crippen molar-refractivity contribution in [3.8, 4) is 5.75 Å². The molecular weight excluding hydrogens is 420 g/mol. The van der Waals surface area contributed by atoms with Crippen LogP contribution >= 0.6 is 11.6 Å². The molecule has 0 radical (unpaired) electrons. The molecule has 0 unspecified atom stereocenters. The first-order valence-corrected chi connectivity index (χ1v) is 10.3. The van der Waals surface area contributed by atoms with E-state index in [-0.39, 0.29) is 30.9 Å². The van der Waals surface area contributed by atoms with Gasteiger partial charge >= 0.3 is 5.97 Å². The number of allylic oxidation sites excluding steroid dienone is 1. The molecule has 2 aromatic carbocycles. The lowest BCUT2D eigenvalue weighted by Crippen LogP contribution is -2.71. The van der Waals surface area contributed by atoms with E-state index in [0.717, 1.165) is 5.56 Å². The van der Waals surface area contributed by atoms with Gasteiger partial charge in [-0.3, -0.25) is 14.5 Å². The summed E-state index contributed by atoms with van der Waals surface area (Å²) in [7, 11) is 0. The summed E-state index contributed by atoms with van der Waals surface area (Å²) in [4.78, 5) is 38.9. The van der Waals surface area contributed by atoms with Gasteiger partial charge in [0.1, 0.15) is 24.1 Å². The molecule has 2 aliphatic rings. The molecule has 0 aliphatic carbocycles. The first kappa shape index (κ1) is 20.9. The fraction of sp³-hybridized carbons (Fsp3) is 0.261. The number of rotatable bonds is 7. The predicted molar refractivity (Wildman–Crippen MR) is 113 cm³/mol. The van der Waals surface area contributed by atoms with Crippen LogP contribution in [0.5, 0.6) is 5.75 Å². The van der Waals surface area contributed by atoms with E-state index in [1.165, 1.54) is 4.90 Å². The van der Waals surface area contributed by atoms with Crippen LogP contribution in [-0.2, 0) is 25.7 Å². The number of halogens is 1. The number of β-lactam (4-membered cyclic amide) rings is 1. The molecule has 2 heterocycles. The number of hydrogen-bond acceptors (Lipinski definition) is 5. The summed E-state index contributed by atoms with van der Waals surface area (Å²) in [5, 5.41) is 2.99. The summed E-state index contributed by atoms with van der Waals surface area (Å²) >= 11 is 6.27. The molecule has 2 aromatic rings. The number of para-hydroxylation sites is 1. The maximum Gasteiger partial charge on any atom is 0.356 e. The molecule has 2 amide bonds. The Bertz CT molecular complexity index is 1010. The molecule has 0 saturated carbocycles. The molecule has 1 N–H and O–H groups in total. The van der Waals surface area contributed by atoms with E-state index >= 15 is 0 Å². The van der Waals surface area contributed by atoms with Crippen molar-refractivity contribution in [1.29, 1.82) is 0 Å². The molecular formula is C23H21ClN2O5. The molecule has 7 nitrogen and oxygen atoms in total. The zero-order valence-corrected chi connectivity index (χ0v) is 17.4. The summed E-state index contributed by atoms with van der Waals surface area (Å²) in [5.41, 5.74) is 0.892. The SMILES string of the molecule is O=C(COc1ccccc1)N[C@@H]1C(=O)N2C(C(=O)OCc3ccccc3)=C(Cl)CC[C@@H]12. The molecule has 4 rings (SSSR count). The number of hydrogen-bond donors (Lipinski definition) is 1. The fourth-order valence-corrected chi connectivity index (χ4v) is 3.96. The van der Waals surface area contributed by atoms with Crippen LogP contribution in [0.25, 0.3) is 0 Å². The number of carbonyl (C=O) groups is 3. The lowest BCUT2D eigenvalue weighted by molar-refractivity contribution is -0.158. The first-order chi connectivity index (χ1) is 15.0. The minimum absolute atomic E-state index is 0.0601. The van der Waals surface area contributed by atoms with Gasteiger partial charge in [0.05, 0.1) is 6.04 Å². The smallest absolute Gasteiger partial charge is 0.356 e. The lowest BCUT2D eigenvalue weighted by Gasteiger charge is -2.49. The van der Waals surface area contributed by atoms with Gasteiger partial charge in [-0.25, -0.2) is 4.79 Å². The van der Waals surface area contributed by atoms with E-state index in [2.05, 4.69) is 5.32 Å². The van der Waals surface area contributed by atoms with E-state index in [0.29, 0.717) is 23.6 Å². The van der Waals surface area contributed by atoms with Crippen molar-refractivity contribution in [3.63, 3.8) is 0 Å². The summed E-state index contributed by atoms with van der Waals surface area (Å²) in [6.45, 7) is -0.125. The normalized spacial score (nSPS) is 19.9. The van der Waals surface area contributed by atoms with E-state index in [9.17, 15) is 14.4 Å². The quantitative estimate of drug-likeness (QED) is 0.528. The van der Waals surface area contributed by atoms with Crippen LogP contribution in [0, 0.1) is 0 Å². The second-order valence-electron chi connectivity index (χ2n) is 7.28. The zero-order chi connectivity index (χ0) is 21.8. The molecule has 160 valence electrons.